The van der Waals surface area contributed by atoms with Gasteiger partial charge in [-0.2, -0.15) is 0 Å². The largest absolute Gasteiger partial charge is 0.444 e. The van der Waals surface area contributed by atoms with E-state index in [4.69, 9.17) is 4.74 Å². The first kappa shape index (κ1) is 17.7. The summed E-state index contributed by atoms with van der Waals surface area (Å²) in [5, 5.41) is 2.75. The van der Waals surface area contributed by atoms with Crippen molar-refractivity contribution < 1.29 is 19.1 Å². The molecule has 1 saturated heterocycles. The Hall–Kier alpha value is -3.15. The van der Waals surface area contributed by atoms with Crippen LogP contribution in [0.5, 0.6) is 0 Å². The van der Waals surface area contributed by atoms with Gasteiger partial charge in [0.15, 0.2) is 0 Å². The van der Waals surface area contributed by atoms with Crippen LogP contribution in [0, 0.1) is 6.92 Å². The maximum absolute atomic E-state index is 12.5. The Morgan fingerprint density at radius 1 is 1.12 bits per heavy atom. The van der Waals surface area contributed by atoms with Gasteiger partial charge in [-0.3, -0.25) is 9.59 Å². The van der Waals surface area contributed by atoms with Crippen LogP contribution in [0.4, 0.5) is 10.5 Å². The van der Waals surface area contributed by atoms with Crippen LogP contribution < -0.4 is 5.32 Å². The lowest BCUT2D eigenvalue weighted by atomic mass is 10.2. The second kappa shape index (κ2) is 7.82. The minimum absolute atomic E-state index is 0.0513. The second-order valence-electron chi connectivity index (χ2n) is 6.21. The minimum atomic E-state index is -0.855. The predicted molar refractivity (Wildman–Crippen MR) is 96.3 cm³/mol. The van der Waals surface area contributed by atoms with Gasteiger partial charge in [-0.15, -0.1) is 0 Å². The van der Waals surface area contributed by atoms with Crippen molar-refractivity contribution in [1.29, 1.82) is 0 Å². The molecule has 134 valence electrons. The molecule has 26 heavy (non-hydrogen) atoms. The van der Waals surface area contributed by atoms with Gasteiger partial charge in [-0.05, 0) is 31.0 Å². The van der Waals surface area contributed by atoms with Gasteiger partial charge < -0.3 is 10.1 Å². The first-order chi connectivity index (χ1) is 12.5. The third-order valence-electron chi connectivity index (χ3n) is 4.24. The van der Waals surface area contributed by atoms with E-state index in [0.29, 0.717) is 5.69 Å². The molecule has 0 radical (unpaired) electrons. The molecule has 1 aliphatic heterocycles. The highest BCUT2D eigenvalue weighted by molar-refractivity contribution is 6.04. The number of likely N-dealkylation sites (tertiary alicyclic amines) is 1. The molecule has 1 atom stereocenters. The lowest BCUT2D eigenvalue weighted by Gasteiger charge is -2.21. The summed E-state index contributed by atoms with van der Waals surface area (Å²) in [4.78, 5) is 37.9. The highest BCUT2D eigenvalue weighted by Gasteiger charge is 2.41. The highest BCUT2D eigenvalue weighted by Crippen LogP contribution is 2.22. The Labute approximate surface area is 151 Å². The van der Waals surface area contributed by atoms with Crippen LogP contribution in [-0.4, -0.2) is 28.8 Å². The van der Waals surface area contributed by atoms with E-state index in [-0.39, 0.29) is 19.4 Å². The predicted octanol–water partition coefficient (Wildman–Crippen LogP) is 3.26. The van der Waals surface area contributed by atoms with Crippen LogP contribution in [0.25, 0.3) is 0 Å². The summed E-state index contributed by atoms with van der Waals surface area (Å²) < 4.78 is 5.21. The van der Waals surface area contributed by atoms with Gasteiger partial charge in [0, 0.05) is 12.1 Å². The number of imide groups is 1. The second-order valence-corrected chi connectivity index (χ2v) is 6.21. The number of ether oxygens (including phenoxy) is 1. The monoisotopic (exact) mass is 352 g/mol. The summed E-state index contributed by atoms with van der Waals surface area (Å²) in [6, 6.07) is 15.6. The number of benzene rings is 2. The fourth-order valence-electron chi connectivity index (χ4n) is 2.81. The van der Waals surface area contributed by atoms with E-state index in [1.807, 2.05) is 49.4 Å². The Morgan fingerprint density at radius 2 is 1.81 bits per heavy atom. The molecule has 2 aromatic rings. The molecule has 0 bridgehead atoms. The molecule has 6 heteroatoms. The molecule has 1 aliphatic rings. The summed E-state index contributed by atoms with van der Waals surface area (Å²) in [5.74, 6) is -0.788. The molecular weight excluding hydrogens is 332 g/mol. The fraction of sp³-hybridized carbons (Fsp3) is 0.250. The molecule has 0 spiro atoms. The van der Waals surface area contributed by atoms with Crippen molar-refractivity contribution in [3.8, 4) is 0 Å². The lowest BCUT2D eigenvalue weighted by molar-refractivity contribution is -0.131. The Bertz CT molecular complexity index is 802. The quantitative estimate of drug-likeness (QED) is 0.916. The van der Waals surface area contributed by atoms with Gasteiger partial charge in [-0.25, -0.2) is 9.69 Å². The molecule has 2 aromatic carbocycles. The summed E-state index contributed by atoms with van der Waals surface area (Å²) in [6.45, 7) is 2.00. The lowest BCUT2D eigenvalue weighted by Crippen LogP contribution is -2.45. The smallest absolute Gasteiger partial charge is 0.417 e. The van der Waals surface area contributed by atoms with E-state index in [1.54, 1.807) is 12.1 Å². The molecule has 1 heterocycles. The average Bonchev–Trinajstić information content (AvgIpc) is 3.04. The normalized spacial score (nSPS) is 16.4. The molecule has 3 rings (SSSR count). The van der Waals surface area contributed by atoms with Crippen molar-refractivity contribution in [2.24, 2.45) is 0 Å². The first-order valence-electron chi connectivity index (χ1n) is 8.45. The summed E-state index contributed by atoms with van der Waals surface area (Å²) in [5.41, 5.74) is 2.51. The van der Waals surface area contributed by atoms with Crippen molar-refractivity contribution in [1.82, 2.24) is 4.90 Å². The Kier molecular flexibility index (Phi) is 5.31. The zero-order chi connectivity index (χ0) is 18.5. The molecule has 1 N–H and O–H groups in total. The van der Waals surface area contributed by atoms with Gasteiger partial charge in [0.1, 0.15) is 12.6 Å². The van der Waals surface area contributed by atoms with Crippen molar-refractivity contribution in [2.75, 3.05) is 5.32 Å². The third kappa shape index (κ3) is 4.08. The van der Waals surface area contributed by atoms with Gasteiger partial charge >= 0.3 is 6.09 Å². The molecule has 6 nitrogen and oxygen atoms in total. The number of hydrogen-bond donors (Lipinski definition) is 1. The van der Waals surface area contributed by atoms with E-state index < -0.39 is 23.9 Å². The number of anilines is 1. The first-order valence-corrected chi connectivity index (χ1v) is 8.45. The maximum atomic E-state index is 12.5. The summed E-state index contributed by atoms with van der Waals surface area (Å²) in [7, 11) is 0. The van der Waals surface area contributed by atoms with Crippen molar-refractivity contribution in [3.05, 3.63) is 65.7 Å². The molecule has 0 aromatic heterocycles. The molecule has 1 fully saturated rings. The number of rotatable bonds is 4. The number of carbonyl (C=O) groups is 3. The number of nitrogens with one attached hydrogen (secondary N) is 1. The SMILES string of the molecule is Cc1ccc(NC(=O)[C@@H]2CCC(=O)N2C(=O)OCc2ccccc2)cc1. The van der Waals surface area contributed by atoms with E-state index in [0.717, 1.165) is 16.0 Å². The molecule has 3 amide bonds. The number of carbonyl (C=O) groups excluding carboxylic acids is 3. The molecule has 0 aliphatic carbocycles. The van der Waals surface area contributed by atoms with Gasteiger partial charge in [0.05, 0.1) is 0 Å². The van der Waals surface area contributed by atoms with Crippen molar-refractivity contribution in [3.63, 3.8) is 0 Å². The van der Waals surface area contributed by atoms with Gasteiger partial charge in [0.25, 0.3) is 0 Å². The molecule has 0 unspecified atom stereocenters. The van der Waals surface area contributed by atoms with Gasteiger partial charge in [0.2, 0.25) is 11.8 Å². The van der Waals surface area contributed by atoms with Crippen molar-refractivity contribution in [2.45, 2.75) is 32.4 Å². The van der Waals surface area contributed by atoms with Crippen molar-refractivity contribution >= 4 is 23.6 Å². The summed E-state index contributed by atoms with van der Waals surface area (Å²) >= 11 is 0. The van der Waals surface area contributed by atoms with E-state index in [1.165, 1.54) is 0 Å². The van der Waals surface area contributed by atoms with E-state index in [2.05, 4.69) is 5.32 Å². The van der Waals surface area contributed by atoms with Crippen LogP contribution in [-0.2, 0) is 20.9 Å². The standard InChI is InChI=1S/C20H20N2O4/c1-14-7-9-16(10-8-14)21-19(24)17-11-12-18(23)22(17)20(25)26-13-15-5-3-2-4-6-15/h2-10,17H,11-13H2,1H3,(H,21,24)/t17-/m0/s1. The zero-order valence-electron chi connectivity index (χ0n) is 14.5. The number of aryl methyl sites for hydroxylation is 1. The topological polar surface area (TPSA) is 75.7 Å². The fourth-order valence-corrected chi connectivity index (χ4v) is 2.81. The number of hydrogen-bond acceptors (Lipinski definition) is 4. The molecule has 0 saturated carbocycles. The number of nitrogens with zero attached hydrogens (tertiary/aromatic N) is 1. The summed E-state index contributed by atoms with van der Waals surface area (Å²) in [6.07, 6.45) is -0.357. The molecular formula is C20H20N2O4. The van der Waals surface area contributed by atoms with Crippen LogP contribution in [0.3, 0.4) is 0 Å². The van der Waals surface area contributed by atoms with Crippen LogP contribution in [0.2, 0.25) is 0 Å². The van der Waals surface area contributed by atoms with Crippen LogP contribution in [0.1, 0.15) is 24.0 Å². The minimum Gasteiger partial charge on any atom is -0.444 e. The van der Waals surface area contributed by atoms with E-state index >= 15 is 0 Å². The maximum Gasteiger partial charge on any atom is 0.417 e. The van der Waals surface area contributed by atoms with Crippen LogP contribution >= 0.6 is 0 Å². The Morgan fingerprint density at radius 3 is 2.50 bits per heavy atom. The Balaban J connectivity index is 1.64. The van der Waals surface area contributed by atoms with Gasteiger partial charge in [-0.1, -0.05) is 48.0 Å². The van der Waals surface area contributed by atoms with E-state index in [9.17, 15) is 14.4 Å². The highest BCUT2D eigenvalue weighted by atomic mass is 16.6. The average molecular weight is 352 g/mol. The third-order valence-corrected chi connectivity index (χ3v) is 4.24. The van der Waals surface area contributed by atoms with Crippen LogP contribution in [0.15, 0.2) is 54.6 Å². The number of amides is 3. The zero-order valence-corrected chi connectivity index (χ0v) is 14.5.